The lowest BCUT2D eigenvalue weighted by atomic mass is 9.72. The zero-order valence-corrected chi connectivity index (χ0v) is 11.5. The highest BCUT2D eigenvalue weighted by molar-refractivity contribution is 6.50. The van der Waals surface area contributed by atoms with E-state index in [1.165, 1.54) is 18.4 Å². The van der Waals surface area contributed by atoms with E-state index >= 15 is 0 Å². The summed E-state index contributed by atoms with van der Waals surface area (Å²) in [5.74, 6) is 0.600. The van der Waals surface area contributed by atoms with Crippen molar-refractivity contribution in [3.63, 3.8) is 0 Å². The highest BCUT2D eigenvalue weighted by Crippen LogP contribution is 2.31. The smallest absolute Gasteiger partial charge is 0.423 e. The third-order valence-electron chi connectivity index (χ3n) is 3.51. The van der Waals surface area contributed by atoms with Crippen molar-refractivity contribution in [2.24, 2.45) is 11.3 Å². The second-order valence-electron chi connectivity index (χ2n) is 6.36. The van der Waals surface area contributed by atoms with Gasteiger partial charge in [-0.25, -0.2) is 0 Å². The quantitative estimate of drug-likeness (QED) is 0.736. The molecule has 96 valence electrons. The molecule has 1 atom stereocenters. The maximum Gasteiger partial charge on any atom is 0.484 e. The number of hydrogen-bond acceptors (Lipinski definition) is 2. The summed E-state index contributed by atoms with van der Waals surface area (Å²) >= 11 is 0. The average Bonchev–Trinajstić information content (AvgIpc) is 2.25. The van der Waals surface area contributed by atoms with Gasteiger partial charge in [-0.1, -0.05) is 45.4 Å². The summed E-state index contributed by atoms with van der Waals surface area (Å²) in [6.45, 7) is 9.09. The molecule has 0 saturated heterocycles. The van der Waals surface area contributed by atoms with Crippen molar-refractivity contribution >= 4 is 7.12 Å². The van der Waals surface area contributed by atoms with Crippen LogP contribution in [-0.2, 0) is 0 Å². The zero-order valence-electron chi connectivity index (χ0n) is 11.5. The van der Waals surface area contributed by atoms with Crippen molar-refractivity contribution in [1.29, 1.82) is 0 Å². The van der Waals surface area contributed by atoms with E-state index < -0.39 is 7.12 Å². The van der Waals surface area contributed by atoms with Crippen molar-refractivity contribution in [2.45, 2.75) is 53.4 Å². The van der Waals surface area contributed by atoms with Gasteiger partial charge in [-0.15, -0.1) is 0 Å². The van der Waals surface area contributed by atoms with E-state index in [-0.39, 0.29) is 0 Å². The lowest BCUT2D eigenvalue weighted by Crippen LogP contribution is -2.18. The minimum atomic E-state index is -1.28. The fraction of sp³-hybridized carbons (Fsp3) is 0.714. The lowest BCUT2D eigenvalue weighted by molar-refractivity contribution is 0.341. The predicted octanol–water partition coefficient (Wildman–Crippen LogP) is 3.11. The standard InChI is InChI=1S/C14H25BO2/c1-11(9-10-14(2,3)4)12-5-7-13(8-6-12)15(16)17/h5,7,11,16-17H,6,8-10H2,1-4H3. The molecular weight excluding hydrogens is 211 g/mol. The van der Waals surface area contributed by atoms with Crippen LogP contribution in [0.3, 0.4) is 0 Å². The summed E-state index contributed by atoms with van der Waals surface area (Å²) in [7, 11) is -1.28. The Morgan fingerprint density at radius 2 is 1.88 bits per heavy atom. The Morgan fingerprint density at radius 1 is 1.24 bits per heavy atom. The molecule has 0 aromatic rings. The molecule has 0 saturated carbocycles. The molecule has 1 unspecified atom stereocenters. The lowest BCUT2D eigenvalue weighted by Gasteiger charge is -2.24. The molecule has 1 aliphatic carbocycles. The van der Waals surface area contributed by atoms with Gasteiger partial charge in [0.05, 0.1) is 0 Å². The molecule has 0 fully saturated rings. The second-order valence-corrected chi connectivity index (χ2v) is 6.36. The van der Waals surface area contributed by atoms with Gasteiger partial charge >= 0.3 is 7.12 Å². The van der Waals surface area contributed by atoms with Crippen LogP contribution in [0, 0.1) is 11.3 Å². The molecule has 0 amide bonds. The Balaban J connectivity index is 2.52. The number of allylic oxidation sites excluding steroid dienone is 4. The molecule has 2 nitrogen and oxygen atoms in total. The van der Waals surface area contributed by atoms with Gasteiger partial charge in [0.25, 0.3) is 0 Å². The van der Waals surface area contributed by atoms with Gasteiger partial charge in [0.2, 0.25) is 0 Å². The van der Waals surface area contributed by atoms with Crippen LogP contribution in [0.2, 0.25) is 0 Å². The van der Waals surface area contributed by atoms with Crippen LogP contribution in [-0.4, -0.2) is 17.2 Å². The van der Waals surface area contributed by atoms with E-state index in [0.29, 0.717) is 11.3 Å². The SMILES string of the molecule is CC(CCC(C)(C)C)C1=CC=C(B(O)O)CC1. The van der Waals surface area contributed by atoms with E-state index in [1.54, 1.807) is 0 Å². The Hall–Kier alpha value is -0.535. The Kier molecular flexibility index (Phi) is 5.02. The third-order valence-corrected chi connectivity index (χ3v) is 3.51. The summed E-state index contributed by atoms with van der Waals surface area (Å²) < 4.78 is 0. The molecule has 1 aliphatic rings. The van der Waals surface area contributed by atoms with Gasteiger partial charge in [-0.05, 0) is 42.5 Å². The molecule has 2 N–H and O–H groups in total. The van der Waals surface area contributed by atoms with E-state index in [0.717, 1.165) is 18.3 Å². The largest absolute Gasteiger partial charge is 0.484 e. The van der Waals surface area contributed by atoms with Gasteiger partial charge in [0.15, 0.2) is 0 Å². The van der Waals surface area contributed by atoms with Gasteiger partial charge in [-0.2, -0.15) is 0 Å². The summed E-state index contributed by atoms with van der Waals surface area (Å²) in [6.07, 6.45) is 8.13. The molecule has 0 aliphatic heterocycles. The molecule has 0 bridgehead atoms. The molecule has 0 heterocycles. The van der Waals surface area contributed by atoms with Crippen molar-refractivity contribution in [3.05, 3.63) is 23.2 Å². The fourth-order valence-corrected chi connectivity index (χ4v) is 2.13. The van der Waals surface area contributed by atoms with Crippen molar-refractivity contribution in [2.75, 3.05) is 0 Å². The second kappa shape index (κ2) is 5.88. The molecule has 0 radical (unpaired) electrons. The van der Waals surface area contributed by atoms with Gasteiger partial charge in [-0.3, -0.25) is 0 Å². The minimum Gasteiger partial charge on any atom is -0.423 e. The van der Waals surface area contributed by atoms with Gasteiger partial charge in [0.1, 0.15) is 0 Å². The van der Waals surface area contributed by atoms with Crippen molar-refractivity contribution < 1.29 is 10.0 Å². The first kappa shape index (κ1) is 14.5. The van der Waals surface area contributed by atoms with E-state index in [4.69, 9.17) is 10.0 Å². The normalized spacial score (nSPS) is 18.5. The van der Waals surface area contributed by atoms with E-state index in [1.807, 2.05) is 6.08 Å². The van der Waals surface area contributed by atoms with Crippen LogP contribution < -0.4 is 0 Å². The van der Waals surface area contributed by atoms with Crippen LogP contribution in [0.15, 0.2) is 23.2 Å². The average molecular weight is 236 g/mol. The Labute approximate surface area is 106 Å². The summed E-state index contributed by atoms with van der Waals surface area (Å²) in [5.41, 5.74) is 2.57. The van der Waals surface area contributed by atoms with Gasteiger partial charge in [0, 0.05) is 0 Å². The monoisotopic (exact) mass is 236 g/mol. The highest BCUT2D eigenvalue weighted by Gasteiger charge is 2.20. The van der Waals surface area contributed by atoms with E-state index in [2.05, 4.69) is 33.8 Å². The van der Waals surface area contributed by atoms with Crippen LogP contribution in [0.1, 0.15) is 53.4 Å². The minimum absolute atomic E-state index is 0.395. The molecule has 3 heteroatoms. The summed E-state index contributed by atoms with van der Waals surface area (Å²) in [6, 6.07) is 0. The molecular formula is C14H25BO2. The molecule has 0 spiro atoms. The Morgan fingerprint density at radius 3 is 2.29 bits per heavy atom. The molecule has 1 rings (SSSR count). The first-order chi connectivity index (χ1) is 7.79. The number of rotatable bonds is 4. The van der Waals surface area contributed by atoms with Crippen LogP contribution in [0.5, 0.6) is 0 Å². The van der Waals surface area contributed by atoms with Crippen LogP contribution in [0.4, 0.5) is 0 Å². The topological polar surface area (TPSA) is 40.5 Å². The molecule has 0 aromatic heterocycles. The fourth-order valence-electron chi connectivity index (χ4n) is 2.13. The van der Waals surface area contributed by atoms with Crippen molar-refractivity contribution in [1.82, 2.24) is 0 Å². The molecule has 17 heavy (non-hydrogen) atoms. The zero-order chi connectivity index (χ0) is 13.1. The first-order valence-corrected chi connectivity index (χ1v) is 6.55. The third kappa shape index (κ3) is 5.09. The maximum absolute atomic E-state index is 9.07. The summed E-state index contributed by atoms with van der Waals surface area (Å²) in [5, 5.41) is 18.1. The van der Waals surface area contributed by atoms with Crippen LogP contribution in [0.25, 0.3) is 0 Å². The number of hydrogen-bond donors (Lipinski definition) is 2. The molecule has 0 aromatic carbocycles. The predicted molar refractivity (Wildman–Crippen MR) is 73.4 cm³/mol. The Bertz CT molecular complexity index is 311. The first-order valence-electron chi connectivity index (χ1n) is 6.55. The van der Waals surface area contributed by atoms with Crippen molar-refractivity contribution in [3.8, 4) is 0 Å². The van der Waals surface area contributed by atoms with E-state index in [9.17, 15) is 0 Å². The van der Waals surface area contributed by atoms with Gasteiger partial charge < -0.3 is 10.0 Å². The highest BCUT2D eigenvalue weighted by atomic mass is 16.4. The summed E-state index contributed by atoms with van der Waals surface area (Å²) in [4.78, 5) is 0. The van der Waals surface area contributed by atoms with Crippen LogP contribution >= 0.6 is 0 Å². The maximum atomic E-state index is 9.07.